The minimum Gasteiger partial charge on any atom is -0.484 e. The van der Waals surface area contributed by atoms with Gasteiger partial charge in [-0.2, -0.15) is 0 Å². The zero-order valence-electron chi connectivity index (χ0n) is 14.0. The summed E-state index contributed by atoms with van der Waals surface area (Å²) in [6.45, 7) is 0.254. The van der Waals surface area contributed by atoms with Crippen LogP contribution in [0, 0.1) is 5.82 Å². The highest BCUT2D eigenvalue weighted by Crippen LogP contribution is 2.13. The Balaban J connectivity index is 1.48. The van der Waals surface area contributed by atoms with Crippen LogP contribution in [-0.2, 0) is 11.3 Å². The van der Waals surface area contributed by atoms with E-state index >= 15 is 0 Å². The molecule has 26 heavy (non-hydrogen) atoms. The van der Waals surface area contributed by atoms with E-state index in [1.54, 1.807) is 48.7 Å². The van der Waals surface area contributed by atoms with E-state index in [4.69, 9.17) is 4.74 Å². The number of ether oxygens (including phenoxy) is 1. The molecule has 3 aromatic rings. The molecule has 0 atom stereocenters. The summed E-state index contributed by atoms with van der Waals surface area (Å²) in [4.78, 5) is 16.1. The van der Waals surface area contributed by atoms with Gasteiger partial charge in [0.2, 0.25) is 0 Å². The third kappa shape index (κ3) is 5.04. The summed E-state index contributed by atoms with van der Waals surface area (Å²) >= 11 is 0. The zero-order chi connectivity index (χ0) is 18.2. The highest BCUT2D eigenvalue weighted by atomic mass is 19.1. The number of anilines is 2. The maximum absolute atomic E-state index is 13.6. The van der Waals surface area contributed by atoms with E-state index in [0.717, 1.165) is 5.69 Å². The summed E-state index contributed by atoms with van der Waals surface area (Å²) in [6.07, 6.45) is 1.58. The van der Waals surface area contributed by atoms with Crippen molar-refractivity contribution < 1.29 is 13.9 Å². The standard InChI is InChI=1S/C20H18FN3O2/c21-18-9-5-4-6-15(18)12-22-16-10-11-19(23-13-16)24-20(25)14-26-17-7-2-1-3-8-17/h1-11,13,22H,12,14H2,(H,23,24,25). The van der Waals surface area contributed by atoms with Crippen molar-refractivity contribution in [3.05, 3.63) is 84.3 Å². The smallest absolute Gasteiger partial charge is 0.263 e. The quantitative estimate of drug-likeness (QED) is 0.679. The van der Waals surface area contributed by atoms with Gasteiger partial charge in [-0.25, -0.2) is 9.37 Å². The van der Waals surface area contributed by atoms with Crippen LogP contribution in [0.3, 0.4) is 0 Å². The number of carbonyl (C=O) groups excluding carboxylic acids is 1. The van der Waals surface area contributed by atoms with Gasteiger partial charge in [0.05, 0.1) is 11.9 Å². The molecule has 5 nitrogen and oxygen atoms in total. The molecule has 2 N–H and O–H groups in total. The summed E-state index contributed by atoms with van der Waals surface area (Å²) in [6, 6.07) is 19.1. The first kappa shape index (κ1) is 17.4. The number of halogens is 1. The Kier molecular flexibility index (Phi) is 5.77. The van der Waals surface area contributed by atoms with E-state index in [0.29, 0.717) is 23.7 Å². The molecule has 0 aliphatic carbocycles. The van der Waals surface area contributed by atoms with Crippen molar-refractivity contribution in [1.29, 1.82) is 0 Å². The molecule has 1 aromatic heterocycles. The summed E-state index contributed by atoms with van der Waals surface area (Å²) in [5.74, 6) is 0.495. The van der Waals surface area contributed by atoms with Crippen LogP contribution in [0.1, 0.15) is 5.56 Å². The Morgan fingerprint density at radius 2 is 1.77 bits per heavy atom. The van der Waals surface area contributed by atoms with Gasteiger partial charge >= 0.3 is 0 Å². The van der Waals surface area contributed by atoms with Gasteiger partial charge in [0.1, 0.15) is 17.4 Å². The van der Waals surface area contributed by atoms with Crippen LogP contribution < -0.4 is 15.4 Å². The second-order valence-corrected chi connectivity index (χ2v) is 5.53. The molecule has 132 valence electrons. The SMILES string of the molecule is O=C(COc1ccccc1)Nc1ccc(NCc2ccccc2F)cn1. The molecule has 2 aromatic carbocycles. The van der Waals surface area contributed by atoms with Crippen LogP contribution in [0.4, 0.5) is 15.9 Å². The number of nitrogens with zero attached hydrogens (tertiary/aromatic N) is 1. The van der Waals surface area contributed by atoms with Crippen LogP contribution in [0.25, 0.3) is 0 Å². The van der Waals surface area contributed by atoms with Gasteiger partial charge in [-0.1, -0.05) is 36.4 Å². The van der Waals surface area contributed by atoms with Crippen molar-refractivity contribution in [3.8, 4) is 5.75 Å². The number of rotatable bonds is 7. The molecule has 6 heteroatoms. The van der Waals surface area contributed by atoms with E-state index in [-0.39, 0.29) is 18.3 Å². The first-order valence-electron chi connectivity index (χ1n) is 8.12. The van der Waals surface area contributed by atoms with Gasteiger partial charge in [0.25, 0.3) is 5.91 Å². The fourth-order valence-corrected chi connectivity index (χ4v) is 2.26. The van der Waals surface area contributed by atoms with Gasteiger partial charge in [0, 0.05) is 12.1 Å². The lowest BCUT2D eigenvalue weighted by Gasteiger charge is -2.09. The number of aromatic nitrogens is 1. The molecule has 0 bridgehead atoms. The van der Waals surface area contributed by atoms with E-state index in [1.165, 1.54) is 6.07 Å². The number of hydrogen-bond donors (Lipinski definition) is 2. The molecule has 0 aliphatic heterocycles. The average Bonchev–Trinajstić information content (AvgIpc) is 2.68. The molecular weight excluding hydrogens is 333 g/mol. The highest BCUT2D eigenvalue weighted by molar-refractivity contribution is 5.91. The minimum atomic E-state index is -0.298. The number of benzene rings is 2. The highest BCUT2D eigenvalue weighted by Gasteiger charge is 2.05. The Morgan fingerprint density at radius 3 is 2.50 bits per heavy atom. The number of amides is 1. The Labute approximate surface area is 150 Å². The summed E-state index contributed by atoms with van der Waals surface area (Å²) in [5, 5.41) is 5.75. The predicted octanol–water partition coefficient (Wildman–Crippen LogP) is 3.85. The lowest BCUT2D eigenvalue weighted by Crippen LogP contribution is -2.20. The normalized spacial score (nSPS) is 10.2. The summed E-state index contributed by atoms with van der Waals surface area (Å²) in [7, 11) is 0. The van der Waals surface area contributed by atoms with Crippen LogP contribution in [-0.4, -0.2) is 17.5 Å². The number of hydrogen-bond acceptors (Lipinski definition) is 4. The molecule has 0 saturated heterocycles. The predicted molar refractivity (Wildman–Crippen MR) is 98.5 cm³/mol. The van der Waals surface area contributed by atoms with Crippen molar-refractivity contribution in [2.75, 3.05) is 17.2 Å². The lowest BCUT2D eigenvalue weighted by molar-refractivity contribution is -0.118. The summed E-state index contributed by atoms with van der Waals surface area (Å²) < 4.78 is 19.0. The maximum Gasteiger partial charge on any atom is 0.263 e. The van der Waals surface area contributed by atoms with Crippen molar-refractivity contribution in [3.63, 3.8) is 0 Å². The third-order valence-corrected chi connectivity index (χ3v) is 3.58. The van der Waals surface area contributed by atoms with Crippen LogP contribution in [0.2, 0.25) is 0 Å². The van der Waals surface area contributed by atoms with E-state index in [2.05, 4.69) is 15.6 Å². The van der Waals surface area contributed by atoms with E-state index < -0.39 is 0 Å². The van der Waals surface area contributed by atoms with Crippen molar-refractivity contribution in [2.24, 2.45) is 0 Å². The topological polar surface area (TPSA) is 63.2 Å². The first-order chi connectivity index (χ1) is 12.7. The number of pyridine rings is 1. The molecule has 1 heterocycles. The molecule has 0 unspecified atom stereocenters. The van der Waals surface area contributed by atoms with Gasteiger partial charge in [-0.05, 0) is 30.3 Å². The second-order valence-electron chi connectivity index (χ2n) is 5.53. The Morgan fingerprint density at radius 1 is 1.00 bits per heavy atom. The number of carbonyl (C=O) groups is 1. The van der Waals surface area contributed by atoms with Gasteiger partial charge < -0.3 is 15.4 Å². The molecule has 0 radical (unpaired) electrons. The fraction of sp³-hybridized carbons (Fsp3) is 0.100. The molecule has 0 spiro atoms. The minimum absolute atomic E-state index is 0.0982. The third-order valence-electron chi connectivity index (χ3n) is 3.58. The van der Waals surface area contributed by atoms with Crippen molar-refractivity contribution >= 4 is 17.4 Å². The molecule has 0 aliphatic rings. The molecule has 0 saturated carbocycles. The lowest BCUT2D eigenvalue weighted by atomic mass is 10.2. The molecular formula is C20H18FN3O2. The van der Waals surface area contributed by atoms with Crippen molar-refractivity contribution in [1.82, 2.24) is 4.98 Å². The first-order valence-corrected chi connectivity index (χ1v) is 8.12. The zero-order valence-corrected chi connectivity index (χ0v) is 14.0. The van der Waals surface area contributed by atoms with Gasteiger partial charge in [0.15, 0.2) is 6.61 Å². The monoisotopic (exact) mass is 351 g/mol. The fourth-order valence-electron chi connectivity index (χ4n) is 2.26. The van der Waals surface area contributed by atoms with Crippen LogP contribution in [0.15, 0.2) is 72.9 Å². The van der Waals surface area contributed by atoms with Crippen LogP contribution >= 0.6 is 0 Å². The van der Waals surface area contributed by atoms with E-state index in [9.17, 15) is 9.18 Å². The Bertz CT molecular complexity index is 854. The second kappa shape index (κ2) is 8.62. The van der Waals surface area contributed by atoms with E-state index in [1.807, 2.05) is 18.2 Å². The average molecular weight is 351 g/mol. The van der Waals surface area contributed by atoms with Gasteiger partial charge in [-0.3, -0.25) is 4.79 Å². The van der Waals surface area contributed by atoms with Gasteiger partial charge in [-0.15, -0.1) is 0 Å². The molecule has 3 rings (SSSR count). The summed E-state index contributed by atoms with van der Waals surface area (Å²) in [5.41, 5.74) is 1.30. The number of nitrogens with one attached hydrogen (secondary N) is 2. The number of para-hydroxylation sites is 1. The Hall–Kier alpha value is -3.41. The molecule has 0 fully saturated rings. The maximum atomic E-state index is 13.6. The molecule has 1 amide bonds. The largest absolute Gasteiger partial charge is 0.484 e. The van der Waals surface area contributed by atoms with Crippen molar-refractivity contribution in [2.45, 2.75) is 6.54 Å². The van der Waals surface area contributed by atoms with Crippen LogP contribution in [0.5, 0.6) is 5.75 Å².